The smallest absolute Gasteiger partial charge is 0.223 e. The summed E-state index contributed by atoms with van der Waals surface area (Å²) >= 11 is 0. The number of carbonyl (C=O) groups excluding carboxylic acids is 2. The number of methoxy groups -OCH3 is 1. The molecule has 1 saturated heterocycles. The molecule has 2 fully saturated rings. The molecule has 166 valence electrons. The summed E-state index contributed by atoms with van der Waals surface area (Å²) in [5.74, 6) is 2.94. The average molecular weight is 426 g/mol. The highest BCUT2D eigenvalue weighted by Gasteiger charge is 2.26. The Morgan fingerprint density at radius 2 is 1.68 bits per heavy atom. The Kier molecular flexibility index (Phi) is 6.89. The van der Waals surface area contributed by atoms with E-state index in [2.05, 4.69) is 4.98 Å². The second kappa shape index (κ2) is 9.98. The lowest BCUT2D eigenvalue weighted by molar-refractivity contribution is -0.140. The second-order valence-corrected chi connectivity index (χ2v) is 8.46. The number of rotatable bonds is 7. The van der Waals surface area contributed by atoms with Crippen LogP contribution in [0.25, 0.3) is 11.3 Å². The first-order valence-electron chi connectivity index (χ1n) is 11.3. The van der Waals surface area contributed by atoms with Crippen molar-refractivity contribution in [2.24, 2.45) is 5.92 Å². The molecule has 2 amide bonds. The third kappa shape index (κ3) is 5.46. The van der Waals surface area contributed by atoms with E-state index in [0.29, 0.717) is 63.0 Å². The second-order valence-electron chi connectivity index (χ2n) is 8.46. The summed E-state index contributed by atoms with van der Waals surface area (Å²) in [6.45, 7) is 2.49. The Bertz CT molecular complexity index is 878. The van der Waals surface area contributed by atoms with Gasteiger partial charge in [0, 0.05) is 51.0 Å². The fourth-order valence-electron chi connectivity index (χ4n) is 4.48. The van der Waals surface area contributed by atoms with Gasteiger partial charge in [-0.3, -0.25) is 9.59 Å². The van der Waals surface area contributed by atoms with Crippen molar-refractivity contribution in [2.75, 3.05) is 33.3 Å². The quantitative estimate of drug-likeness (QED) is 0.678. The summed E-state index contributed by atoms with van der Waals surface area (Å²) in [6, 6.07) is 7.59. The van der Waals surface area contributed by atoms with Gasteiger partial charge in [0.15, 0.2) is 11.7 Å². The number of carbonyl (C=O) groups is 2. The van der Waals surface area contributed by atoms with Crippen molar-refractivity contribution >= 4 is 11.8 Å². The van der Waals surface area contributed by atoms with E-state index in [4.69, 9.17) is 9.15 Å². The van der Waals surface area contributed by atoms with E-state index in [1.54, 1.807) is 13.3 Å². The lowest BCUT2D eigenvalue weighted by Gasteiger charge is -2.35. The van der Waals surface area contributed by atoms with Crippen molar-refractivity contribution in [3.63, 3.8) is 0 Å². The molecule has 0 spiro atoms. The maximum atomic E-state index is 12.6. The van der Waals surface area contributed by atoms with Crippen molar-refractivity contribution in [3.8, 4) is 17.1 Å². The summed E-state index contributed by atoms with van der Waals surface area (Å²) in [6.07, 6.45) is 8.08. The van der Waals surface area contributed by atoms with Gasteiger partial charge in [-0.25, -0.2) is 4.98 Å². The number of nitrogens with zero attached hydrogens (tertiary/aromatic N) is 3. The Balaban J connectivity index is 1.21. The maximum absolute atomic E-state index is 12.6. The highest BCUT2D eigenvalue weighted by Crippen LogP contribution is 2.28. The zero-order valence-corrected chi connectivity index (χ0v) is 18.2. The summed E-state index contributed by atoms with van der Waals surface area (Å²) in [5, 5.41) is 0. The summed E-state index contributed by atoms with van der Waals surface area (Å²) in [7, 11) is 1.63. The van der Waals surface area contributed by atoms with Crippen LogP contribution in [-0.4, -0.2) is 59.9 Å². The van der Waals surface area contributed by atoms with E-state index in [-0.39, 0.29) is 11.8 Å². The SMILES string of the molecule is COc1ccc(-c2cnc(CCC(=O)N3CCN(C(=O)CC4CCCC4)CC3)o2)cc1. The van der Waals surface area contributed by atoms with E-state index in [1.165, 1.54) is 25.7 Å². The average Bonchev–Trinajstić information content (AvgIpc) is 3.50. The third-order valence-electron chi connectivity index (χ3n) is 6.40. The molecule has 4 rings (SSSR count). The Hall–Kier alpha value is -2.83. The van der Waals surface area contributed by atoms with Gasteiger partial charge in [-0.1, -0.05) is 12.8 Å². The molecule has 1 aliphatic heterocycles. The number of aryl methyl sites for hydroxylation is 1. The molecule has 2 aliphatic rings. The molecule has 1 aromatic carbocycles. The summed E-state index contributed by atoms with van der Waals surface area (Å²) < 4.78 is 11.0. The first-order chi connectivity index (χ1) is 15.1. The summed E-state index contributed by atoms with van der Waals surface area (Å²) in [4.78, 5) is 33.2. The standard InChI is InChI=1S/C24H31N3O4/c1-30-20-8-6-19(7-9-20)21-17-25-22(31-21)10-11-23(28)26-12-14-27(15-13-26)24(29)16-18-4-2-3-5-18/h6-9,17-18H,2-5,10-16H2,1H3. The molecule has 0 bridgehead atoms. The van der Waals surface area contributed by atoms with Crippen LogP contribution in [0.3, 0.4) is 0 Å². The van der Waals surface area contributed by atoms with Gasteiger partial charge in [0.05, 0.1) is 13.3 Å². The predicted octanol–water partition coefficient (Wildman–Crippen LogP) is 3.53. The Morgan fingerprint density at radius 3 is 2.32 bits per heavy atom. The van der Waals surface area contributed by atoms with Crippen LogP contribution in [-0.2, 0) is 16.0 Å². The van der Waals surface area contributed by atoms with Gasteiger partial charge >= 0.3 is 0 Å². The van der Waals surface area contributed by atoms with Crippen LogP contribution in [0.4, 0.5) is 0 Å². The van der Waals surface area contributed by atoms with Gasteiger partial charge in [-0.05, 0) is 43.0 Å². The molecular weight excluding hydrogens is 394 g/mol. The van der Waals surface area contributed by atoms with Crippen molar-refractivity contribution in [3.05, 3.63) is 36.4 Å². The number of piperazine rings is 1. The topological polar surface area (TPSA) is 75.9 Å². The highest BCUT2D eigenvalue weighted by atomic mass is 16.5. The van der Waals surface area contributed by atoms with Crippen molar-refractivity contribution < 1.29 is 18.7 Å². The molecule has 31 heavy (non-hydrogen) atoms. The Labute approximate surface area is 183 Å². The molecule has 2 heterocycles. The number of amides is 2. The van der Waals surface area contributed by atoms with Gasteiger partial charge in [0.1, 0.15) is 5.75 Å². The van der Waals surface area contributed by atoms with Gasteiger partial charge in [-0.2, -0.15) is 0 Å². The number of ether oxygens (including phenoxy) is 1. The van der Waals surface area contributed by atoms with E-state index in [0.717, 1.165) is 11.3 Å². The zero-order chi connectivity index (χ0) is 21.6. The number of aromatic nitrogens is 1. The lowest BCUT2D eigenvalue weighted by atomic mass is 10.0. The molecule has 1 aromatic heterocycles. The number of oxazole rings is 1. The van der Waals surface area contributed by atoms with Crippen LogP contribution in [0.5, 0.6) is 5.75 Å². The number of hydrogen-bond acceptors (Lipinski definition) is 5. The predicted molar refractivity (Wildman–Crippen MR) is 117 cm³/mol. The first-order valence-corrected chi connectivity index (χ1v) is 11.3. The van der Waals surface area contributed by atoms with Crippen molar-refractivity contribution in [1.82, 2.24) is 14.8 Å². The highest BCUT2D eigenvalue weighted by molar-refractivity contribution is 5.78. The fraction of sp³-hybridized carbons (Fsp3) is 0.542. The zero-order valence-electron chi connectivity index (χ0n) is 18.2. The maximum Gasteiger partial charge on any atom is 0.223 e. The van der Waals surface area contributed by atoms with Crippen LogP contribution in [0.1, 0.15) is 44.4 Å². The minimum atomic E-state index is 0.0899. The fourth-order valence-corrected chi connectivity index (χ4v) is 4.48. The van der Waals surface area contributed by atoms with Crippen molar-refractivity contribution in [1.29, 1.82) is 0 Å². The molecule has 2 aromatic rings. The van der Waals surface area contributed by atoms with Crippen LogP contribution in [0.2, 0.25) is 0 Å². The minimum absolute atomic E-state index is 0.0899. The molecule has 0 N–H and O–H groups in total. The van der Waals surface area contributed by atoms with Gasteiger partial charge in [0.2, 0.25) is 11.8 Å². The minimum Gasteiger partial charge on any atom is -0.497 e. The Morgan fingerprint density at radius 1 is 1.03 bits per heavy atom. The molecule has 0 unspecified atom stereocenters. The van der Waals surface area contributed by atoms with Gasteiger partial charge < -0.3 is 19.0 Å². The van der Waals surface area contributed by atoms with Crippen molar-refractivity contribution in [2.45, 2.75) is 44.9 Å². The molecule has 1 aliphatic carbocycles. The van der Waals surface area contributed by atoms with E-state index in [9.17, 15) is 9.59 Å². The van der Waals surface area contributed by atoms with Crippen LogP contribution in [0.15, 0.2) is 34.9 Å². The molecule has 0 radical (unpaired) electrons. The van der Waals surface area contributed by atoms with Crippen LogP contribution >= 0.6 is 0 Å². The van der Waals surface area contributed by atoms with Gasteiger partial charge in [0.25, 0.3) is 0 Å². The third-order valence-corrected chi connectivity index (χ3v) is 6.40. The largest absolute Gasteiger partial charge is 0.497 e. The number of benzene rings is 1. The molecule has 0 atom stereocenters. The number of hydrogen-bond donors (Lipinski definition) is 0. The molecular formula is C24H31N3O4. The molecule has 1 saturated carbocycles. The van der Waals surface area contributed by atoms with E-state index < -0.39 is 0 Å². The van der Waals surface area contributed by atoms with Crippen LogP contribution in [0, 0.1) is 5.92 Å². The first kappa shape index (κ1) is 21.4. The van der Waals surface area contributed by atoms with Crippen LogP contribution < -0.4 is 4.74 Å². The van der Waals surface area contributed by atoms with E-state index >= 15 is 0 Å². The molecule has 7 heteroatoms. The summed E-state index contributed by atoms with van der Waals surface area (Å²) in [5.41, 5.74) is 0.921. The normalized spacial score (nSPS) is 17.2. The van der Waals surface area contributed by atoms with E-state index in [1.807, 2.05) is 34.1 Å². The lowest BCUT2D eigenvalue weighted by Crippen LogP contribution is -2.50. The molecule has 7 nitrogen and oxygen atoms in total. The van der Waals surface area contributed by atoms with Gasteiger partial charge in [-0.15, -0.1) is 0 Å². The monoisotopic (exact) mass is 425 g/mol.